The first kappa shape index (κ1) is 12.6. The third kappa shape index (κ3) is 1.93. The molecule has 0 spiro atoms. The molecule has 2 N–H and O–H groups in total. The molecule has 8 nitrogen and oxygen atoms in total. The molecule has 0 saturated carbocycles. The van der Waals surface area contributed by atoms with E-state index < -0.39 is 0 Å². The maximum Gasteiger partial charge on any atom is 0.198 e. The largest absolute Gasteiger partial charge is 0.461 e. The summed E-state index contributed by atoms with van der Waals surface area (Å²) in [6, 6.07) is 3.62. The van der Waals surface area contributed by atoms with Gasteiger partial charge in [-0.05, 0) is 19.1 Å². The average Bonchev–Trinajstić information content (AvgIpc) is 3.24. The van der Waals surface area contributed by atoms with E-state index in [1.165, 1.54) is 0 Å². The van der Waals surface area contributed by atoms with Crippen LogP contribution >= 0.6 is 0 Å². The van der Waals surface area contributed by atoms with E-state index in [-0.39, 0.29) is 0 Å². The second-order valence-corrected chi connectivity index (χ2v) is 4.90. The molecule has 0 aromatic carbocycles. The van der Waals surface area contributed by atoms with Gasteiger partial charge in [-0.2, -0.15) is 10.2 Å². The summed E-state index contributed by atoms with van der Waals surface area (Å²) < 4.78 is 7.17. The van der Waals surface area contributed by atoms with Crippen molar-refractivity contribution in [2.45, 2.75) is 6.92 Å². The highest BCUT2D eigenvalue weighted by molar-refractivity contribution is 5.88. The first-order valence-electron chi connectivity index (χ1n) is 6.73. The molecule has 0 amide bonds. The van der Waals surface area contributed by atoms with Crippen molar-refractivity contribution in [1.82, 2.24) is 29.9 Å². The summed E-state index contributed by atoms with van der Waals surface area (Å²) in [4.78, 5) is 8.99. The van der Waals surface area contributed by atoms with Gasteiger partial charge in [-0.3, -0.25) is 9.78 Å². The Labute approximate surface area is 125 Å². The zero-order valence-corrected chi connectivity index (χ0v) is 12.0. The summed E-state index contributed by atoms with van der Waals surface area (Å²) in [5.74, 6) is 1.74. The number of H-pyrrole nitrogens is 1. The molecule has 4 heterocycles. The minimum absolute atomic E-state index is 0.503. The fourth-order valence-corrected chi connectivity index (χ4v) is 2.20. The summed E-state index contributed by atoms with van der Waals surface area (Å²) in [5, 5.41) is 14.4. The highest BCUT2D eigenvalue weighted by Gasteiger charge is 2.14. The van der Waals surface area contributed by atoms with Gasteiger partial charge in [-0.1, -0.05) is 0 Å². The van der Waals surface area contributed by atoms with Gasteiger partial charge in [0, 0.05) is 7.05 Å². The maximum atomic E-state index is 5.38. The highest BCUT2D eigenvalue weighted by atomic mass is 16.3. The molecule has 0 saturated heterocycles. The lowest BCUT2D eigenvalue weighted by Crippen LogP contribution is -2.00. The number of nitrogens with zero attached hydrogens (tertiary/aromatic N) is 5. The average molecular weight is 295 g/mol. The Morgan fingerprint density at radius 1 is 1.27 bits per heavy atom. The van der Waals surface area contributed by atoms with Gasteiger partial charge >= 0.3 is 0 Å². The molecule has 4 rings (SSSR count). The quantitative estimate of drug-likeness (QED) is 0.602. The van der Waals surface area contributed by atoms with E-state index in [4.69, 9.17) is 4.42 Å². The van der Waals surface area contributed by atoms with Crippen LogP contribution < -0.4 is 5.32 Å². The molecule has 0 unspecified atom stereocenters. The Bertz CT molecular complexity index is 936. The van der Waals surface area contributed by atoms with Crippen LogP contribution in [0.5, 0.6) is 0 Å². The van der Waals surface area contributed by atoms with E-state index in [2.05, 4.69) is 30.6 Å². The van der Waals surface area contributed by atoms with Crippen LogP contribution in [0.2, 0.25) is 0 Å². The Hall–Kier alpha value is -3.16. The third-order valence-corrected chi connectivity index (χ3v) is 3.53. The summed E-state index contributed by atoms with van der Waals surface area (Å²) in [5.41, 5.74) is 3.33. The van der Waals surface area contributed by atoms with Gasteiger partial charge in [0.15, 0.2) is 17.4 Å². The first-order chi connectivity index (χ1) is 10.7. The number of hydrogen-bond donors (Lipinski definition) is 2. The van der Waals surface area contributed by atoms with Gasteiger partial charge in [0.2, 0.25) is 0 Å². The number of nitrogens with one attached hydrogen (secondary N) is 2. The highest BCUT2D eigenvalue weighted by Crippen LogP contribution is 2.26. The molecular weight excluding hydrogens is 282 g/mol. The van der Waals surface area contributed by atoms with Crippen LogP contribution in [0, 0.1) is 6.92 Å². The molecule has 0 aliphatic heterocycles. The minimum Gasteiger partial charge on any atom is -0.461 e. The molecule has 22 heavy (non-hydrogen) atoms. The number of aromatic nitrogens is 6. The number of furan rings is 1. The molecule has 0 bridgehead atoms. The number of aromatic amines is 1. The number of aryl methyl sites for hydroxylation is 1. The van der Waals surface area contributed by atoms with Crippen LogP contribution in [0.4, 0.5) is 11.5 Å². The van der Waals surface area contributed by atoms with Crippen molar-refractivity contribution in [3.63, 3.8) is 0 Å². The number of hydrogen-bond acceptors (Lipinski definition) is 6. The zero-order valence-electron chi connectivity index (χ0n) is 12.0. The normalized spacial score (nSPS) is 11.2. The van der Waals surface area contributed by atoms with E-state index >= 15 is 0 Å². The number of rotatable bonds is 3. The lowest BCUT2D eigenvalue weighted by molar-refractivity contribution is 0.577. The predicted octanol–water partition coefficient (Wildman–Crippen LogP) is 2.40. The standard InChI is InChI=1S/C14H13N7O/c1-8-9(7-16-21(8)2)17-14-12-10(6-15-20-12)18-13(19-14)11-4-3-5-22-11/h3-7H,1-2H3,(H,15,20)(H,17,18,19). The van der Waals surface area contributed by atoms with E-state index in [1.807, 2.05) is 20.0 Å². The minimum atomic E-state index is 0.503. The summed E-state index contributed by atoms with van der Waals surface area (Å²) in [6.45, 7) is 1.98. The van der Waals surface area contributed by atoms with Crippen molar-refractivity contribution >= 4 is 22.5 Å². The predicted molar refractivity (Wildman–Crippen MR) is 80.6 cm³/mol. The summed E-state index contributed by atoms with van der Waals surface area (Å²) >= 11 is 0. The van der Waals surface area contributed by atoms with Gasteiger partial charge in [-0.15, -0.1) is 0 Å². The third-order valence-electron chi connectivity index (χ3n) is 3.53. The summed E-state index contributed by atoms with van der Waals surface area (Å²) in [6.07, 6.45) is 5.01. The molecule has 110 valence electrons. The second-order valence-electron chi connectivity index (χ2n) is 4.90. The van der Waals surface area contributed by atoms with Gasteiger partial charge < -0.3 is 9.73 Å². The molecule has 4 aromatic rings. The van der Waals surface area contributed by atoms with Crippen LogP contribution in [-0.4, -0.2) is 29.9 Å². The van der Waals surface area contributed by atoms with Crippen LogP contribution in [0.3, 0.4) is 0 Å². The second kappa shape index (κ2) is 4.69. The van der Waals surface area contributed by atoms with Crippen molar-refractivity contribution in [1.29, 1.82) is 0 Å². The van der Waals surface area contributed by atoms with Crippen molar-refractivity contribution < 1.29 is 4.42 Å². The molecule has 0 fully saturated rings. The molecule has 8 heteroatoms. The van der Waals surface area contributed by atoms with E-state index in [9.17, 15) is 0 Å². The molecule has 0 aliphatic carbocycles. The zero-order chi connectivity index (χ0) is 15.1. The van der Waals surface area contributed by atoms with Gasteiger partial charge in [0.1, 0.15) is 11.0 Å². The van der Waals surface area contributed by atoms with E-state index in [1.54, 1.807) is 29.4 Å². The van der Waals surface area contributed by atoms with E-state index in [0.29, 0.717) is 22.9 Å². The van der Waals surface area contributed by atoms with Gasteiger partial charge in [0.25, 0.3) is 0 Å². The molecular formula is C14H13N7O. The Balaban J connectivity index is 1.85. The van der Waals surface area contributed by atoms with Crippen LogP contribution in [-0.2, 0) is 7.05 Å². The van der Waals surface area contributed by atoms with E-state index in [0.717, 1.165) is 16.9 Å². The Morgan fingerprint density at radius 2 is 2.18 bits per heavy atom. The van der Waals surface area contributed by atoms with Crippen molar-refractivity contribution in [3.8, 4) is 11.6 Å². The fraction of sp³-hybridized carbons (Fsp3) is 0.143. The smallest absolute Gasteiger partial charge is 0.198 e. The molecule has 0 radical (unpaired) electrons. The number of anilines is 2. The van der Waals surface area contributed by atoms with Crippen LogP contribution in [0.25, 0.3) is 22.6 Å². The van der Waals surface area contributed by atoms with Crippen molar-refractivity contribution in [2.24, 2.45) is 7.05 Å². The van der Waals surface area contributed by atoms with Crippen molar-refractivity contribution in [3.05, 3.63) is 36.5 Å². The summed E-state index contributed by atoms with van der Waals surface area (Å²) in [7, 11) is 1.89. The lowest BCUT2D eigenvalue weighted by atomic mass is 10.3. The molecule has 4 aromatic heterocycles. The monoisotopic (exact) mass is 295 g/mol. The van der Waals surface area contributed by atoms with Gasteiger partial charge in [-0.25, -0.2) is 9.97 Å². The maximum absolute atomic E-state index is 5.38. The number of fused-ring (bicyclic) bond motifs is 1. The first-order valence-corrected chi connectivity index (χ1v) is 6.73. The van der Waals surface area contributed by atoms with Crippen LogP contribution in [0.1, 0.15) is 5.69 Å². The SMILES string of the molecule is Cc1c(Nc2nc(-c3ccco3)nc3cn[nH]c23)cnn1C. The molecule has 0 atom stereocenters. The van der Waals surface area contributed by atoms with Gasteiger partial charge in [0.05, 0.1) is 30.0 Å². The molecule has 0 aliphatic rings. The van der Waals surface area contributed by atoms with Crippen LogP contribution in [0.15, 0.2) is 35.2 Å². The fourth-order valence-electron chi connectivity index (χ4n) is 2.20. The lowest BCUT2D eigenvalue weighted by Gasteiger charge is -2.07. The Morgan fingerprint density at radius 3 is 2.91 bits per heavy atom. The Kier molecular flexibility index (Phi) is 2.68. The topological polar surface area (TPSA) is 97.4 Å². The van der Waals surface area contributed by atoms with Crippen molar-refractivity contribution in [2.75, 3.05) is 5.32 Å².